The van der Waals surface area contributed by atoms with Crippen LogP contribution in [0.5, 0.6) is 0 Å². The molecule has 4 fully saturated rings. The summed E-state index contributed by atoms with van der Waals surface area (Å²) in [5.41, 5.74) is 1.52. The first-order valence-corrected chi connectivity index (χ1v) is 11.8. The fourth-order valence-corrected chi connectivity index (χ4v) is 8.23. The lowest BCUT2D eigenvalue weighted by Gasteiger charge is -2.58. The molecule has 3 heteroatoms. The van der Waals surface area contributed by atoms with Gasteiger partial charge >= 0.3 is 0 Å². The van der Waals surface area contributed by atoms with E-state index in [1.54, 1.807) is 0 Å². The second kappa shape index (κ2) is 6.79. The number of carbonyl (C=O) groups excluding carboxylic acids is 2. The molecule has 5 rings (SSSR count). The summed E-state index contributed by atoms with van der Waals surface area (Å²) in [5, 5.41) is 0. The van der Waals surface area contributed by atoms with E-state index in [2.05, 4.69) is 13.8 Å². The van der Waals surface area contributed by atoms with Gasteiger partial charge < -0.3 is 4.74 Å². The van der Waals surface area contributed by atoms with Gasteiger partial charge in [-0.15, -0.1) is 0 Å². The van der Waals surface area contributed by atoms with Crippen molar-refractivity contribution in [2.45, 2.75) is 90.6 Å². The van der Waals surface area contributed by atoms with E-state index in [9.17, 15) is 9.59 Å². The van der Waals surface area contributed by atoms with E-state index >= 15 is 0 Å². The van der Waals surface area contributed by atoms with Crippen molar-refractivity contribution >= 4 is 11.6 Å². The molecule has 1 aliphatic heterocycles. The van der Waals surface area contributed by atoms with Gasteiger partial charge in [0.15, 0.2) is 5.78 Å². The molecule has 0 radical (unpaired) electrons. The van der Waals surface area contributed by atoms with Crippen molar-refractivity contribution in [3.63, 3.8) is 0 Å². The van der Waals surface area contributed by atoms with Crippen molar-refractivity contribution in [1.82, 2.24) is 0 Å². The molecule has 7 atom stereocenters. The van der Waals surface area contributed by atoms with Gasteiger partial charge in [-0.2, -0.15) is 0 Å². The normalized spacial score (nSPS) is 48.5. The summed E-state index contributed by atoms with van der Waals surface area (Å²) in [6, 6.07) is 0. The number of rotatable bonds is 2. The van der Waals surface area contributed by atoms with Gasteiger partial charge in [-0.1, -0.05) is 19.4 Å². The van der Waals surface area contributed by atoms with Crippen LogP contribution < -0.4 is 0 Å². The first-order valence-electron chi connectivity index (χ1n) is 11.8. The zero-order chi connectivity index (χ0) is 19.5. The number of allylic oxidation sites excluding steroid dienone is 1. The van der Waals surface area contributed by atoms with Crippen LogP contribution in [0.3, 0.4) is 0 Å². The number of hydrogen-bond acceptors (Lipinski definition) is 3. The molecule has 1 heterocycles. The molecule has 0 spiro atoms. The third kappa shape index (κ3) is 2.71. The lowest BCUT2D eigenvalue weighted by atomic mass is 9.46. The van der Waals surface area contributed by atoms with Crippen molar-refractivity contribution in [2.75, 3.05) is 6.61 Å². The van der Waals surface area contributed by atoms with Gasteiger partial charge in [-0.3, -0.25) is 9.59 Å². The number of carbonyl (C=O) groups is 2. The third-order valence-corrected chi connectivity index (χ3v) is 9.56. The van der Waals surface area contributed by atoms with E-state index in [-0.39, 0.29) is 16.7 Å². The molecule has 0 aromatic rings. The van der Waals surface area contributed by atoms with Crippen LogP contribution in [0.1, 0.15) is 84.5 Å². The van der Waals surface area contributed by atoms with Crippen molar-refractivity contribution in [1.29, 1.82) is 0 Å². The molecule has 5 aliphatic rings. The standard InChI is InChI=1S/C25H36O3/c1-16-13-22-20-7-6-17-14-18(26)8-11-25(17,15-19-5-3-4-12-28-19)21(20)9-10-24(22,2)23(16)27/h14,16,19-22H,3-13,15H2,1-2H3/t16?,19?,20-,21-,22+,24+,25-/m1/s1. The molecule has 4 aliphatic carbocycles. The summed E-state index contributed by atoms with van der Waals surface area (Å²) in [7, 11) is 0. The van der Waals surface area contributed by atoms with Gasteiger partial charge in [0.1, 0.15) is 5.78 Å². The molecule has 1 saturated heterocycles. The zero-order valence-electron chi connectivity index (χ0n) is 17.7. The molecule has 0 N–H and O–H groups in total. The van der Waals surface area contributed by atoms with E-state index in [1.165, 1.54) is 31.3 Å². The monoisotopic (exact) mass is 384 g/mol. The average Bonchev–Trinajstić information content (AvgIpc) is 2.93. The molecule has 3 nitrogen and oxygen atoms in total. The molecule has 154 valence electrons. The fraction of sp³-hybridized carbons (Fsp3) is 0.840. The topological polar surface area (TPSA) is 43.4 Å². The predicted molar refractivity (Wildman–Crippen MR) is 109 cm³/mol. The van der Waals surface area contributed by atoms with Gasteiger partial charge in [0, 0.05) is 24.4 Å². The highest BCUT2D eigenvalue weighted by Crippen LogP contribution is 2.66. The third-order valence-electron chi connectivity index (χ3n) is 9.56. The molecule has 28 heavy (non-hydrogen) atoms. The molecule has 0 aromatic heterocycles. The molecular weight excluding hydrogens is 348 g/mol. The highest BCUT2D eigenvalue weighted by molar-refractivity contribution is 5.92. The highest BCUT2D eigenvalue weighted by Gasteiger charge is 2.61. The highest BCUT2D eigenvalue weighted by atomic mass is 16.5. The molecule has 2 unspecified atom stereocenters. The Morgan fingerprint density at radius 2 is 1.93 bits per heavy atom. The Labute approximate surface area is 169 Å². The Morgan fingerprint density at radius 3 is 2.71 bits per heavy atom. The van der Waals surface area contributed by atoms with Crippen LogP contribution in [0.4, 0.5) is 0 Å². The summed E-state index contributed by atoms with van der Waals surface area (Å²) in [6.07, 6.45) is 14.4. The van der Waals surface area contributed by atoms with Gasteiger partial charge in [0.05, 0.1) is 6.10 Å². The van der Waals surface area contributed by atoms with E-state index in [4.69, 9.17) is 4.74 Å². The van der Waals surface area contributed by atoms with Crippen molar-refractivity contribution in [3.05, 3.63) is 11.6 Å². The van der Waals surface area contributed by atoms with Gasteiger partial charge in [-0.25, -0.2) is 0 Å². The maximum atomic E-state index is 13.0. The Morgan fingerprint density at radius 1 is 1.07 bits per heavy atom. The number of ether oxygens (including phenoxy) is 1. The Bertz CT molecular complexity index is 703. The Balaban J connectivity index is 1.50. The van der Waals surface area contributed by atoms with Gasteiger partial charge in [-0.05, 0) is 93.5 Å². The molecule has 3 saturated carbocycles. The minimum atomic E-state index is -0.0885. The smallest absolute Gasteiger partial charge is 0.155 e. The molecule has 0 aromatic carbocycles. The quantitative estimate of drug-likeness (QED) is 0.651. The lowest BCUT2D eigenvalue weighted by Crippen LogP contribution is -2.52. The van der Waals surface area contributed by atoms with Crippen molar-refractivity contribution in [2.24, 2.45) is 34.5 Å². The summed E-state index contributed by atoms with van der Waals surface area (Å²) in [6.45, 7) is 5.33. The Kier molecular flexibility index (Phi) is 4.61. The van der Waals surface area contributed by atoms with Crippen LogP contribution in [0.15, 0.2) is 11.6 Å². The minimum Gasteiger partial charge on any atom is -0.378 e. The first kappa shape index (κ1) is 19.0. The van der Waals surface area contributed by atoms with Crippen LogP contribution in [0, 0.1) is 34.5 Å². The van der Waals surface area contributed by atoms with Crippen LogP contribution >= 0.6 is 0 Å². The maximum Gasteiger partial charge on any atom is 0.155 e. The largest absolute Gasteiger partial charge is 0.378 e. The average molecular weight is 385 g/mol. The molecular formula is C25H36O3. The van der Waals surface area contributed by atoms with Gasteiger partial charge in [0.2, 0.25) is 0 Å². The summed E-state index contributed by atoms with van der Waals surface area (Å²) in [4.78, 5) is 25.3. The van der Waals surface area contributed by atoms with Crippen LogP contribution in [-0.2, 0) is 14.3 Å². The van der Waals surface area contributed by atoms with Crippen LogP contribution in [-0.4, -0.2) is 24.3 Å². The minimum absolute atomic E-state index is 0.0885. The SMILES string of the molecule is CC1C[C@H]2[C@@H]3CCC4=CC(=O)CC[C@]4(CC4CCCCO4)[C@@H]3CC[C@]2(C)C1=O. The summed E-state index contributed by atoms with van der Waals surface area (Å²) in [5.74, 6) is 2.94. The summed E-state index contributed by atoms with van der Waals surface area (Å²) < 4.78 is 6.21. The summed E-state index contributed by atoms with van der Waals surface area (Å²) >= 11 is 0. The van der Waals surface area contributed by atoms with Crippen molar-refractivity contribution < 1.29 is 14.3 Å². The fourth-order valence-electron chi connectivity index (χ4n) is 8.23. The number of ketones is 2. The Hall–Kier alpha value is -0.960. The number of hydrogen-bond donors (Lipinski definition) is 0. The predicted octanol–water partition coefficient (Wildman–Crippen LogP) is 5.27. The first-order chi connectivity index (χ1) is 13.4. The maximum absolute atomic E-state index is 13.0. The van der Waals surface area contributed by atoms with Crippen molar-refractivity contribution in [3.8, 4) is 0 Å². The van der Waals surface area contributed by atoms with E-state index in [0.717, 1.165) is 45.1 Å². The van der Waals surface area contributed by atoms with Crippen LogP contribution in [0.25, 0.3) is 0 Å². The number of fused-ring (bicyclic) bond motifs is 5. The zero-order valence-corrected chi connectivity index (χ0v) is 17.7. The lowest BCUT2D eigenvalue weighted by molar-refractivity contribution is -0.136. The second-order valence-electron chi connectivity index (χ2n) is 10.9. The molecule has 0 bridgehead atoms. The van der Waals surface area contributed by atoms with E-state index in [0.29, 0.717) is 41.8 Å². The second-order valence-corrected chi connectivity index (χ2v) is 10.9. The van der Waals surface area contributed by atoms with Crippen LogP contribution in [0.2, 0.25) is 0 Å². The van der Waals surface area contributed by atoms with Gasteiger partial charge in [0.25, 0.3) is 0 Å². The van der Waals surface area contributed by atoms with E-state index in [1.807, 2.05) is 6.08 Å². The van der Waals surface area contributed by atoms with E-state index < -0.39 is 0 Å². The molecule has 0 amide bonds. The number of Topliss-reactive ketones (excluding diaryl/α,β-unsaturated/α-hetero) is 1.